The van der Waals surface area contributed by atoms with Gasteiger partial charge in [0.1, 0.15) is 17.4 Å². The van der Waals surface area contributed by atoms with E-state index in [1.807, 2.05) is 13.0 Å². The number of nitrogens with zero attached hydrogens (tertiary/aromatic N) is 2. The van der Waals surface area contributed by atoms with Gasteiger partial charge in [0.15, 0.2) is 0 Å². The molecule has 1 aliphatic heterocycles. The number of aryl methyl sites for hydroxylation is 2. The Balaban J connectivity index is 2.00. The average molecular weight is 420 g/mol. The second-order valence-corrected chi connectivity index (χ2v) is 7.37. The number of aliphatic hydroxyl groups excluding tert-OH is 1. The van der Waals surface area contributed by atoms with E-state index in [9.17, 15) is 23.5 Å². The summed E-state index contributed by atoms with van der Waals surface area (Å²) in [6.45, 7) is 3.60. The van der Waals surface area contributed by atoms with Crippen molar-refractivity contribution in [3.05, 3.63) is 100 Å². The molecule has 5 nitrogen and oxygen atoms in total. The van der Waals surface area contributed by atoms with Gasteiger partial charge in [0.25, 0.3) is 11.7 Å². The first-order chi connectivity index (χ1) is 14.8. The number of hydrogen-bond acceptors (Lipinski definition) is 4. The van der Waals surface area contributed by atoms with E-state index in [-0.39, 0.29) is 17.0 Å². The third-order valence-electron chi connectivity index (χ3n) is 5.26. The summed E-state index contributed by atoms with van der Waals surface area (Å²) in [6.07, 6.45) is 2.94. The third kappa shape index (κ3) is 3.48. The van der Waals surface area contributed by atoms with Crippen LogP contribution in [0, 0.1) is 25.5 Å². The fraction of sp³-hybridized carbons (Fsp3) is 0.125. The Bertz CT molecular complexity index is 1240. The van der Waals surface area contributed by atoms with Crippen LogP contribution in [0.15, 0.2) is 66.5 Å². The summed E-state index contributed by atoms with van der Waals surface area (Å²) in [5, 5.41) is 11.1. The van der Waals surface area contributed by atoms with E-state index >= 15 is 0 Å². The van der Waals surface area contributed by atoms with Gasteiger partial charge >= 0.3 is 0 Å². The lowest BCUT2D eigenvalue weighted by Crippen LogP contribution is -2.30. The lowest BCUT2D eigenvalue weighted by atomic mass is 9.94. The number of amides is 1. The third-order valence-corrected chi connectivity index (χ3v) is 5.26. The van der Waals surface area contributed by atoms with Crippen molar-refractivity contribution in [2.75, 3.05) is 4.90 Å². The summed E-state index contributed by atoms with van der Waals surface area (Å²) in [5.74, 6) is -4.16. The minimum atomic E-state index is -1.13. The van der Waals surface area contributed by atoms with Gasteiger partial charge in [-0.25, -0.2) is 8.78 Å². The first kappa shape index (κ1) is 20.4. The molecule has 1 aromatic heterocycles. The topological polar surface area (TPSA) is 70.5 Å². The van der Waals surface area contributed by atoms with E-state index in [1.54, 1.807) is 31.2 Å². The van der Waals surface area contributed by atoms with Crippen molar-refractivity contribution in [1.29, 1.82) is 0 Å². The molecule has 1 N–H and O–H groups in total. The molecule has 0 bridgehead atoms. The van der Waals surface area contributed by atoms with E-state index < -0.39 is 29.4 Å². The molecule has 1 amide bonds. The molecule has 4 rings (SSSR count). The molecule has 0 aliphatic carbocycles. The maximum Gasteiger partial charge on any atom is 0.300 e. The molecule has 1 saturated heterocycles. The van der Waals surface area contributed by atoms with Gasteiger partial charge in [-0.05, 0) is 49.2 Å². The fourth-order valence-electron chi connectivity index (χ4n) is 3.75. The number of pyridine rings is 1. The second kappa shape index (κ2) is 7.75. The smallest absolute Gasteiger partial charge is 0.300 e. The second-order valence-electron chi connectivity index (χ2n) is 7.37. The number of Topliss-reactive ketones (excluding diaryl/α,β-unsaturated/α-hetero) is 1. The van der Waals surface area contributed by atoms with Gasteiger partial charge in [-0.3, -0.25) is 19.5 Å². The quantitative estimate of drug-likeness (QED) is 0.382. The van der Waals surface area contributed by atoms with Gasteiger partial charge < -0.3 is 5.11 Å². The summed E-state index contributed by atoms with van der Waals surface area (Å²) in [4.78, 5) is 31.0. The van der Waals surface area contributed by atoms with Crippen molar-refractivity contribution in [3.8, 4) is 0 Å². The first-order valence-electron chi connectivity index (χ1n) is 9.53. The number of halogens is 2. The van der Waals surface area contributed by atoms with Gasteiger partial charge in [0.2, 0.25) is 0 Å². The molecule has 0 radical (unpaired) electrons. The predicted octanol–water partition coefficient (Wildman–Crippen LogP) is 4.60. The Hall–Kier alpha value is -3.87. The van der Waals surface area contributed by atoms with Crippen LogP contribution in [0.5, 0.6) is 0 Å². The van der Waals surface area contributed by atoms with Gasteiger partial charge in [-0.1, -0.05) is 23.8 Å². The maximum atomic E-state index is 14.6. The number of carbonyl (C=O) groups excluding carboxylic acids is 2. The Morgan fingerprint density at radius 2 is 1.84 bits per heavy atom. The van der Waals surface area contributed by atoms with Gasteiger partial charge in [0.05, 0.1) is 17.3 Å². The summed E-state index contributed by atoms with van der Waals surface area (Å²) in [7, 11) is 0. The molecular weight excluding hydrogens is 402 g/mol. The molecule has 1 atom stereocenters. The highest BCUT2D eigenvalue weighted by Crippen LogP contribution is 2.43. The van der Waals surface area contributed by atoms with E-state index in [0.29, 0.717) is 22.8 Å². The lowest BCUT2D eigenvalue weighted by Gasteiger charge is -2.25. The van der Waals surface area contributed by atoms with Crippen molar-refractivity contribution in [3.63, 3.8) is 0 Å². The van der Waals surface area contributed by atoms with Crippen LogP contribution in [0.4, 0.5) is 14.5 Å². The molecule has 0 spiro atoms. The number of hydrogen-bond donors (Lipinski definition) is 1. The van der Waals surface area contributed by atoms with Crippen LogP contribution in [-0.4, -0.2) is 21.8 Å². The standard InChI is InChI=1S/C24H18F2N2O3/c1-13-5-6-14(2)17(10-13)22(29)20-21(15-4-3-9-27-12-15)28(24(31)23(20)30)19-8-7-16(25)11-18(19)26/h3-12,21,29H,1-2H3/b22-20+. The molecule has 2 heterocycles. The molecular formula is C24H18F2N2O3. The normalized spacial score (nSPS) is 17.9. The fourth-order valence-corrected chi connectivity index (χ4v) is 3.75. The summed E-state index contributed by atoms with van der Waals surface area (Å²) < 4.78 is 28.1. The zero-order valence-corrected chi connectivity index (χ0v) is 16.8. The Morgan fingerprint density at radius 1 is 1.06 bits per heavy atom. The molecule has 1 fully saturated rings. The van der Waals surface area contributed by atoms with Crippen molar-refractivity contribution in [1.82, 2.24) is 4.98 Å². The van der Waals surface area contributed by atoms with E-state index in [2.05, 4.69) is 4.98 Å². The highest BCUT2D eigenvalue weighted by atomic mass is 19.1. The van der Waals surface area contributed by atoms with Crippen LogP contribution in [0.3, 0.4) is 0 Å². The summed E-state index contributed by atoms with van der Waals surface area (Å²) in [6, 6.07) is 10.2. The zero-order chi connectivity index (χ0) is 22.3. The molecule has 1 unspecified atom stereocenters. The molecule has 156 valence electrons. The van der Waals surface area contributed by atoms with Crippen LogP contribution in [0.1, 0.15) is 28.3 Å². The SMILES string of the molecule is Cc1ccc(C)c(/C(O)=C2\C(=O)C(=O)N(c3ccc(F)cc3F)C2c2cccnc2)c1. The highest BCUT2D eigenvalue weighted by molar-refractivity contribution is 6.51. The minimum Gasteiger partial charge on any atom is -0.507 e. The molecule has 3 aromatic rings. The lowest BCUT2D eigenvalue weighted by molar-refractivity contribution is -0.132. The van der Waals surface area contributed by atoms with Crippen molar-refractivity contribution < 1.29 is 23.5 Å². The monoisotopic (exact) mass is 420 g/mol. The van der Waals surface area contributed by atoms with Crippen molar-refractivity contribution in [2.45, 2.75) is 19.9 Å². The zero-order valence-electron chi connectivity index (χ0n) is 16.8. The van der Waals surface area contributed by atoms with Crippen molar-refractivity contribution >= 4 is 23.1 Å². The Labute approximate surface area is 177 Å². The van der Waals surface area contributed by atoms with Gasteiger partial charge in [-0.2, -0.15) is 0 Å². The van der Waals surface area contributed by atoms with Crippen LogP contribution < -0.4 is 4.90 Å². The predicted molar refractivity (Wildman–Crippen MR) is 111 cm³/mol. The number of rotatable bonds is 3. The highest BCUT2D eigenvalue weighted by Gasteiger charge is 2.48. The Morgan fingerprint density at radius 3 is 2.52 bits per heavy atom. The summed E-state index contributed by atoms with van der Waals surface area (Å²) in [5.41, 5.74) is 1.90. The summed E-state index contributed by atoms with van der Waals surface area (Å²) >= 11 is 0. The molecule has 1 aliphatic rings. The maximum absolute atomic E-state index is 14.6. The number of benzene rings is 2. The van der Waals surface area contributed by atoms with E-state index in [1.165, 1.54) is 12.4 Å². The van der Waals surface area contributed by atoms with E-state index in [0.717, 1.165) is 22.6 Å². The molecule has 0 saturated carbocycles. The van der Waals surface area contributed by atoms with E-state index in [4.69, 9.17) is 0 Å². The average Bonchev–Trinajstić information content (AvgIpc) is 3.01. The van der Waals surface area contributed by atoms with Crippen LogP contribution in [-0.2, 0) is 9.59 Å². The number of carbonyl (C=O) groups is 2. The van der Waals surface area contributed by atoms with Crippen LogP contribution in [0.2, 0.25) is 0 Å². The number of aliphatic hydroxyl groups is 1. The number of anilines is 1. The van der Waals surface area contributed by atoms with Crippen LogP contribution >= 0.6 is 0 Å². The number of ketones is 1. The molecule has 7 heteroatoms. The largest absolute Gasteiger partial charge is 0.507 e. The molecule has 31 heavy (non-hydrogen) atoms. The Kier molecular flexibility index (Phi) is 5.10. The van der Waals surface area contributed by atoms with Crippen molar-refractivity contribution in [2.24, 2.45) is 0 Å². The van der Waals surface area contributed by atoms with Gasteiger partial charge in [-0.15, -0.1) is 0 Å². The van der Waals surface area contributed by atoms with Gasteiger partial charge in [0, 0.05) is 24.0 Å². The molecule has 2 aromatic carbocycles. The minimum absolute atomic E-state index is 0.185. The van der Waals surface area contributed by atoms with Crippen LogP contribution in [0.25, 0.3) is 5.76 Å². The first-order valence-corrected chi connectivity index (χ1v) is 9.53. The number of aromatic nitrogens is 1.